The number of nitrogens with zero attached hydrogens (tertiary/aromatic N) is 3. The van der Waals surface area contributed by atoms with Gasteiger partial charge in [0.2, 0.25) is 0 Å². The number of fused-ring (bicyclic) bond motifs is 6. The van der Waals surface area contributed by atoms with E-state index in [1.807, 2.05) is 0 Å². The molecule has 0 N–H and O–H groups in total. The fraction of sp³-hybridized carbons (Fsp3) is 0.0526. The molecular weight excluding hydrogens is 727 g/mol. The van der Waals surface area contributed by atoms with Crippen LogP contribution >= 0.6 is 0 Å². The van der Waals surface area contributed by atoms with E-state index in [2.05, 4.69) is 253 Å². The van der Waals surface area contributed by atoms with Crippen molar-refractivity contribution in [1.82, 2.24) is 4.57 Å². The molecule has 10 aromatic rings. The van der Waals surface area contributed by atoms with E-state index in [1.54, 1.807) is 0 Å². The maximum absolute atomic E-state index is 2.48. The van der Waals surface area contributed by atoms with E-state index in [0.717, 1.165) is 39.8 Å². The number of anilines is 6. The van der Waals surface area contributed by atoms with Gasteiger partial charge in [-0.3, -0.25) is 0 Å². The van der Waals surface area contributed by atoms with E-state index in [0.29, 0.717) is 0 Å². The van der Waals surface area contributed by atoms with Crippen LogP contribution < -0.4 is 9.80 Å². The van der Waals surface area contributed by atoms with Gasteiger partial charge in [-0.1, -0.05) is 135 Å². The van der Waals surface area contributed by atoms with Gasteiger partial charge in [0, 0.05) is 56.0 Å². The molecule has 0 radical (unpaired) electrons. The maximum Gasteiger partial charge on any atom is 0.0547 e. The SMILES string of the molecule is CC1(C)c2ccccc2-c2cc3c(cc21)c1cc(N(c2ccccc2)c2ccccc2)ccc1n3-c1ccc(-c2ccc(N(c3ccccc3)c3ccccc3)cc2)cc1. The first-order valence-electron chi connectivity index (χ1n) is 20.8. The molecule has 11 rings (SSSR count). The Morgan fingerprint density at radius 1 is 0.333 bits per heavy atom. The highest BCUT2D eigenvalue weighted by atomic mass is 15.1. The Morgan fingerprint density at radius 2 is 0.767 bits per heavy atom. The van der Waals surface area contributed by atoms with Gasteiger partial charge in [0.15, 0.2) is 0 Å². The Bertz CT molecular complexity index is 3050. The summed E-state index contributed by atoms with van der Waals surface area (Å²) < 4.78 is 2.46. The second-order valence-electron chi connectivity index (χ2n) is 16.2. The van der Waals surface area contributed by atoms with Gasteiger partial charge in [-0.25, -0.2) is 0 Å². The molecular formula is C57H43N3. The first kappa shape index (κ1) is 35.5. The van der Waals surface area contributed by atoms with E-state index in [-0.39, 0.29) is 5.41 Å². The number of aromatic nitrogens is 1. The first-order chi connectivity index (χ1) is 29.5. The Morgan fingerprint density at radius 3 is 1.32 bits per heavy atom. The fourth-order valence-electron chi connectivity index (χ4n) is 9.43. The molecule has 3 heteroatoms. The zero-order chi connectivity index (χ0) is 40.2. The smallest absolute Gasteiger partial charge is 0.0547 e. The highest BCUT2D eigenvalue weighted by Crippen LogP contribution is 2.51. The molecule has 0 atom stereocenters. The lowest BCUT2D eigenvalue weighted by Gasteiger charge is -2.25. The van der Waals surface area contributed by atoms with E-state index in [4.69, 9.17) is 0 Å². The average molecular weight is 770 g/mol. The molecule has 1 aliphatic rings. The van der Waals surface area contributed by atoms with Crippen LogP contribution in [0.3, 0.4) is 0 Å². The van der Waals surface area contributed by atoms with E-state index < -0.39 is 0 Å². The largest absolute Gasteiger partial charge is 0.311 e. The van der Waals surface area contributed by atoms with Gasteiger partial charge >= 0.3 is 0 Å². The number of rotatable bonds is 8. The molecule has 1 aromatic heterocycles. The zero-order valence-electron chi connectivity index (χ0n) is 33.7. The molecule has 286 valence electrons. The Kier molecular flexibility index (Phi) is 8.49. The van der Waals surface area contributed by atoms with Crippen molar-refractivity contribution in [1.29, 1.82) is 0 Å². The monoisotopic (exact) mass is 769 g/mol. The predicted molar refractivity (Wildman–Crippen MR) is 253 cm³/mol. The fourth-order valence-corrected chi connectivity index (χ4v) is 9.43. The van der Waals surface area contributed by atoms with Gasteiger partial charge in [0.25, 0.3) is 0 Å². The van der Waals surface area contributed by atoms with Crippen molar-refractivity contribution in [2.45, 2.75) is 19.3 Å². The van der Waals surface area contributed by atoms with Crippen LogP contribution in [-0.2, 0) is 5.41 Å². The third kappa shape index (κ3) is 5.89. The van der Waals surface area contributed by atoms with E-state index >= 15 is 0 Å². The van der Waals surface area contributed by atoms with Crippen LogP contribution in [0, 0.1) is 0 Å². The summed E-state index contributed by atoms with van der Waals surface area (Å²) in [6.07, 6.45) is 0. The summed E-state index contributed by atoms with van der Waals surface area (Å²) in [5, 5.41) is 2.49. The van der Waals surface area contributed by atoms with Crippen LogP contribution in [0.5, 0.6) is 0 Å². The van der Waals surface area contributed by atoms with Crippen LogP contribution in [0.4, 0.5) is 34.1 Å². The van der Waals surface area contributed by atoms with Gasteiger partial charge in [0.05, 0.1) is 11.0 Å². The lowest BCUT2D eigenvalue weighted by Crippen LogP contribution is -2.14. The van der Waals surface area contributed by atoms with Crippen molar-refractivity contribution >= 4 is 55.9 Å². The van der Waals surface area contributed by atoms with E-state index in [9.17, 15) is 0 Å². The van der Waals surface area contributed by atoms with Crippen molar-refractivity contribution in [3.63, 3.8) is 0 Å². The molecule has 1 heterocycles. The summed E-state index contributed by atoms with van der Waals surface area (Å²) in [5.74, 6) is 0. The van der Waals surface area contributed by atoms with Crippen LogP contribution in [0.2, 0.25) is 0 Å². The van der Waals surface area contributed by atoms with Crippen molar-refractivity contribution in [2.24, 2.45) is 0 Å². The number of hydrogen-bond acceptors (Lipinski definition) is 2. The van der Waals surface area contributed by atoms with E-state index in [1.165, 1.54) is 55.2 Å². The molecule has 0 spiro atoms. The lowest BCUT2D eigenvalue weighted by molar-refractivity contribution is 0.661. The average Bonchev–Trinajstić information content (AvgIpc) is 3.74. The van der Waals surface area contributed by atoms with Crippen molar-refractivity contribution in [2.75, 3.05) is 9.80 Å². The summed E-state index contributed by atoms with van der Waals surface area (Å²) in [5.41, 5.74) is 17.9. The molecule has 0 unspecified atom stereocenters. The van der Waals surface area contributed by atoms with Gasteiger partial charge in [0.1, 0.15) is 0 Å². The normalized spacial score (nSPS) is 12.6. The van der Waals surface area contributed by atoms with Crippen molar-refractivity contribution < 1.29 is 0 Å². The van der Waals surface area contributed by atoms with Crippen molar-refractivity contribution in [3.05, 3.63) is 236 Å². The molecule has 0 aliphatic heterocycles. The molecule has 3 nitrogen and oxygen atoms in total. The lowest BCUT2D eigenvalue weighted by atomic mass is 9.82. The zero-order valence-corrected chi connectivity index (χ0v) is 33.7. The van der Waals surface area contributed by atoms with Gasteiger partial charge in [-0.2, -0.15) is 0 Å². The summed E-state index contributed by atoms with van der Waals surface area (Å²) >= 11 is 0. The topological polar surface area (TPSA) is 11.4 Å². The number of para-hydroxylation sites is 4. The second kappa shape index (κ2) is 14.3. The number of hydrogen-bond donors (Lipinski definition) is 0. The molecule has 1 aliphatic carbocycles. The van der Waals surface area contributed by atoms with Crippen LogP contribution in [0.15, 0.2) is 224 Å². The molecule has 0 bridgehead atoms. The molecule has 60 heavy (non-hydrogen) atoms. The maximum atomic E-state index is 2.48. The highest BCUT2D eigenvalue weighted by Gasteiger charge is 2.36. The molecule has 0 saturated carbocycles. The third-order valence-corrected chi connectivity index (χ3v) is 12.4. The Balaban J connectivity index is 1.04. The standard InChI is InChI=1S/C57H43N3/c1-57(2)53-26-16-15-25-49(53)50-39-56-52(38-54(50)57)51-37-48(59(44-21-11-5-12-22-44)45-23-13-6-14-24-45)35-36-55(51)60(56)47-33-29-41(30-34-47)40-27-31-46(32-28-40)58(42-17-7-3-8-18-42)43-19-9-4-10-20-43/h3-39H,1-2H3. The summed E-state index contributed by atoms with van der Waals surface area (Å²) in [4.78, 5) is 4.66. The van der Waals surface area contributed by atoms with Gasteiger partial charge in [-0.15, -0.1) is 0 Å². The summed E-state index contributed by atoms with van der Waals surface area (Å²) in [6, 6.07) is 81.3. The Labute approximate surface area is 351 Å². The van der Waals surface area contributed by atoms with Crippen LogP contribution in [0.25, 0.3) is 49.7 Å². The minimum absolute atomic E-state index is 0.108. The van der Waals surface area contributed by atoms with Crippen molar-refractivity contribution in [3.8, 4) is 27.9 Å². The summed E-state index contributed by atoms with van der Waals surface area (Å²) in [7, 11) is 0. The van der Waals surface area contributed by atoms with Gasteiger partial charge < -0.3 is 14.4 Å². The predicted octanol–water partition coefficient (Wildman–Crippen LogP) is 15.7. The molecule has 0 fully saturated rings. The number of benzene rings is 9. The highest BCUT2D eigenvalue weighted by molar-refractivity contribution is 6.12. The van der Waals surface area contributed by atoms with Gasteiger partial charge in [-0.05, 0) is 137 Å². The molecule has 0 saturated heterocycles. The van der Waals surface area contributed by atoms with Crippen LogP contribution in [0.1, 0.15) is 25.0 Å². The third-order valence-electron chi connectivity index (χ3n) is 12.4. The first-order valence-corrected chi connectivity index (χ1v) is 20.8. The Hall–Kier alpha value is -7.62. The molecule has 0 amide bonds. The second-order valence-corrected chi connectivity index (χ2v) is 16.2. The van der Waals surface area contributed by atoms with Crippen LogP contribution in [-0.4, -0.2) is 4.57 Å². The minimum Gasteiger partial charge on any atom is -0.311 e. The summed E-state index contributed by atoms with van der Waals surface area (Å²) in [6.45, 7) is 4.74. The minimum atomic E-state index is -0.108. The molecule has 9 aromatic carbocycles. The quantitative estimate of drug-likeness (QED) is 0.152.